The summed E-state index contributed by atoms with van der Waals surface area (Å²) >= 11 is 0. The summed E-state index contributed by atoms with van der Waals surface area (Å²) in [6.07, 6.45) is 8.35. The van der Waals surface area contributed by atoms with Crippen LogP contribution in [-0.2, 0) is 11.3 Å². The van der Waals surface area contributed by atoms with Crippen molar-refractivity contribution in [2.75, 3.05) is 0 Å². The van der Waals surface area contributed by atoms with Crippen LogP contribution in [0.3, 0.4) is 0 Å². The molecule has 1 aliphatic carbocycles. The maximum atomic E-state index is 12.2. The zero-order valence-corrected chi connectivity index (χ0v) is 13.8. The van der Waals surface area contributed by atoms with Crippen molar-refractivity contribution in [3.8, 4) is 11.3 Å². The average molecular weight is 325 g/mol. The molecule has 1 fully saturated rings. The van der Waals surface area contributed by atoms with E-state index in [4.69, 9.17) is 0 Å². The van der Waals surface area contributed by atoms with E-state index >= 15 is 0 Å². The first-order valence-electron chi connectivity index (χ1n) is 8.63. The van der Waals surface area contributed by atoms with Crippen LogP contribution in [0.1, 0.15) is 38.5 Å². The molecule has 0 radical (unpaired) electrons. The first kappa shape index (κ1) is 16.4. The minimum atomic E-state index is -0.208. The molecule has 0 unspecified atom stereocenters. The number of nitrogens with zero attached hydrogens (tertiary/aromatic N) is 2. The van der Waals surface area contributed by atoms with Crippen molar-refractivity contribution in [2.24, 2.45) is 0 Å². The van der Waals surface area contributed by atoms with E-state index in [-0.39, 0.29) is 24.1 Å². The van der Waals surface area contributed by atoms with Gasteiger partial charge in [0.2, 0.25) is 5.91 Å². The summed E-state index contributed by atoms with van der Waals surface area (Å²) in [5, 5.41) is 3.05. The predicted octanol–water partition coefficient (Wildman–Crippen LogP) is 2.75. The summed E-state index contributed by atoms with van der Waals surface area (Å²) < 4.78 is 1.36. The van der Waals surface area contributed by atoms with Crippen LogP contribution in [0.25, 0.3) is 11.3 Å². The lowest BCUT2D eigenvalue weighted by Crippen LogP contribution is -2.38. The summed E-state index contributed by atoms with van der Waals surface area (Å²) in [7, 11) is 0. The van der Waals surface area contributed by atoms with Crippen LogP contribution in [0.4, 0.5) is 0 Å². The molecule has 1 N–H and O–H groups in total. The number of amides is 1. The molecule has 0 spiro atoms. The topological polar surface area (TPSA) is 64.0 Å². The van der Waals surface area contributed by atoms with Crippen LogP contribution in [0.2, 0.25) is 0 Å². The summed E-state index contributed by atoms with van der Waals surface area (Å²) in [5.74, 6) is -0.113. The van der Waals surface area contributed by atoms with Gasteiger partial charge < -0.3 is 5.32 Å². The van der Waals surface area contributed by atoms with Crippen molar-refractivity contribution in [1.29, 1.82) is 0 Å². The van der Waals surface area contributed by atoms with Crippen LogP contribution < -0.4 is 10.9 Å². The lowest BCUT2D eigenvalue weighted by atomic mass is 10.1. The second kappa shape index (κ2) is 7.90. The number of rotatable bonds is 4. The molecule has 1 aliphatic rings. The molecule has 1 amide bonds. The first-order chi connectivity index (χ1) is 11.7. The Hall–Kier alpha value is -2.43. The molecule has 126 valence electrons. The van der Waals surface area contributed by atoms with Gasteiger partial charge in [-0.05, 0) is 12.8 Å². The SMILES string of the molecule is O=C(Cn1cnc(-c2ccccc2)cc1=O)NC1CCCCCC1. The van der Waals surface area contributed by atoms with Crippen molar-refractivity contribution in [3.05, 3.63) is 53.1 Å². The van der Waals surface area contributed by atoms with Crippen LogP contribution in [0.15, 0.2) is 47.5 Å². The average Bonchev–Trinajstić information content (AvgIpc) is 2.86. The highest BCUT2D eigenvalue weighted by molar-refractivity contribution is 5.76. The molecule has 1 saturated carbocycles. The zero-order valence-electron chi connectivity index (χ0n) is 13.8. The Labute approximate surface area is 141 Å². The van der Waals surface area contributed by atoms with Gasteiger partial charge >= 0.3 is 0 Å². The van der Waals surface area contributed by atoms with E-state index in [1.54, 1.807) is 0 Å². The molecule has 5 nitrogen and oxygen atoms in total. The Bertz CT molecular complexity index is 732. The van der Waals surface area contributed by atoms with Crippen molar-refractivity contribution >= 4 is 5.91 Å². The summed E-state index contributed by atoms with van der Waals surface area (Å²) in [4.78, 5) is 28.7. The third-order valence-corrected chi connectivity index (χ3v) is 4.48. The maximum Gasteiger partial charge on any atom is 0.254 e. The second-order valence-electron chi connectivity index (χ2n) is 6.36. The molecule has 1 aromatic heterocycles. The zero-order chi connectivity index (χ0) is 16.8. The highest BCUT2D eigenvalue weighted by Gasteiger charge is 2.15. The van der Waals surface area contributed by atoms with Gasteiger partial charge in [0, 0.05) is 17.7 Å². The third kappa shape index (κ3) is 4.31. The number of benzene rings is 1. The number of aromatic nitrogens is 2. The number of hydrogen-bond acceptors (Lipinski definition) is 3. The Morgan fingerprint density at radius 2 is 1.83 bits per heavy atom. The number of carbonyl (C=O) groups excluding carboxylic acids is 1. The van der Waals surface area contributed by atoms with E-state index in [9.17, 15) is 9.59 Å². The molecule has 1 aromatic carbocycles. The van der Waals surface area contributed by atoms with Gasteiger partial charge in [-0.2, -0.15) is 0 Å². The van der Waals surface area contributed by atoms with E-state index < -0.39 is 0 Å². The minimum absolute atomic E-state index is 0.0252. The monoisotopic (exact) mass is 325 g/mol. The van der Waals surface area contributed by atoms with Gasteiger partial charge in [0.25, 0.3) is 5.56 Å². The molecule has 2 aromatic rings. The molecule has 1 heterocycles. The van der Waals surface area contributed by atoms with Gasteiger partial charge in [0.1, 0.15) is 6.54 Å². The lowest BCUT2D eigenvalue weighted by molar-refractivity contribution is -0.122. The maximum absolute atomic E-state index is 12.2. The smallest absolute Gasteiger partial charge is 0.254 e. The minimum Gasteiger partial charge on any atom is -0.352 e. The fraction of sp³-hybridized carbons (Fsp3) is 0.421. The fourth-order valence-corrected chi connectivity index (χ4v) is 3.16. The Morgan fingerprint density at radius 1 is 1.12 bits per heavy atom. The second-order valence-corrected chi connectivity index (χ2v) is 6.36. The van der Waals surface area contributed by atoms with Crippen molar-refractivity contribution < 1.29 is 4.79 Å². The largest absolute Gasteiger partial charge is 0.352 e. The van der Waals surface area contributed by atoms with Gasteiger partial charge in [-0.25, -0.2) is 4.98 Å². The van der Waals surface area contributed by atoms with Crippen LogP contribution in [0, 0.1) is 0 Å². The van der Waals surface area contributed by atoms with E-state index in [0.717, 1.165) is 31.2 Å². The van der Waals surface area contributed by atoms with Crippen molar-refractivity contribution in [2.45, 2.75) is 51.1 Å². The van der Waals surface area contributed by atoms with Crippen LogP contribution >= 0.6 is 0 Å². The number of carbonyl (C=O) groups is 1. The van der Waals surface area contributed by atoms with E-state index in [2.05, 4.69) is 10.3 Å². The standard InChI is InChI=1S/C19H23N3O2/c23-18(21-16-10-6-1-2-7-11-16)13-22-14-20-17(12-19(22)24)15-8-4-3-5-9-15/h3-5,8-9,12,14,16H,1-2,6-7,10-11,13H2,(H,21,23). The quantitative estimate of drug-likeness (QED) is 0.879. The van der Waals surface area contributed by atoms with Gasteiger partial charge in [-0.15, -0.1) is 0 Å². The number of nitrogens with one attached hydrogen (secondary N) is 1. The third-order valence-electron chi connectivity index (χ3n) is 4.48. The van der Waals surface area contributed by atoms with E-state index in [1.807, 2.05) is 30.3 Å². The van der Waals surface area contributed by atoms with Gasteiger partial charge in [-0.1, -0.05) is 56.0 Å². The Kier molecular flexibility index (Phi) is 5.41. The highest BCUT2D eigenvalue weighted by Crippen LogP contribution is 2.17. The lowest BCUT2D eigenvalue weighted by Gasteiger charge is -2.16. The van der Waals surface area contributed by atoms with Crippen LogP contribution in [0.5, 0.6) is 0 Å². The van der Waals surface area contributed by atoms with E-state index in [1.165, 1.54) is 29.8 Å². The molecule has 0 bridgehead atoms. The van der Waals surface area contributed by atoms with Crippen LogP contribution in [-0.4, -0.2) is 21.5 Å². The summed E-state index contributed by atoms with van der Waals surface area (Å²) in [5.41, 5.74) is 1.31. The molecule has 3 rings (SSSR count). The molecule has 0 atom stereocenters. The van der Waals surface area contributed by atoms with E-state index in [0.29, 0.717) is 5.69 Å². The molecule has 24 heavy (non-hydrogen) atoms. The predicted molar refractivity (Wildman–Crippen MR) is 93.6 cm³/mol. The van der Waals surface area contributed by atoms with Crippen molar-refractivity contribution in [3.63, 3.8) is 0 Å². The molecule has 0 saturated heterocycles. The highest BCUT2D eigenvalue weighted by atomic mass is 16.2. The van der Waals surface area contributed by atoms with Gasteiger partial charge in [0.15, 0.2) is 0 Å². The van der Waals surface area contributed by atoms with Gasteiger partial charge in [0.05, 0.1) is 12.0 Å². The number of hydrogen-bond donors (Lipinski definition) is 1. The molecule has 5 heteroatoms. The first-order valence-corrected chi connectivity index (χ1v) is 8.63. The van der Waals surface area contributed by atoms with Gasteiger partial charge in [-0.3, -0.25) is 14.2 Å². The Morgan fingerprint density at radius 3 is 2.50 bits per heavy atom. The molecular formula is C19H23N3O2. The molecular weight excluding hydrogens is 302 g/mol. The normalized spacial score (nSPS) is 15.7. The Balaban J connectivity index is 1.64. The molecule has 0 aliphatic heterocycles. The summed E-state index contributed by atoms with van der Waals surface area (Å²) in [6.45, 7) is 0.0252. The van der Waals surface area contributed by atoms with Crippen molar-refractivity contribution in [1.82, 2.24) is 14.9 Å². The summed E-state index contributed by atoms with van der Waals surface area (Å²) in [6, 6.07) is 11.3. The fourth-order valence-electron chi connectivity index (χ4n) is 3.16.